The van der Waals surface area contributed by atoms with E-state index >= 15 is 0 Å². The first-order valence-electron chi connectivity index (χ1n) is 14.4. The number of hydrogen-bond donors (Lipinski definition) is 1. The third-order valence-corrected chi connectivity index (χ3v) is 7.19. The summed E-state index contributed by atoms with van der Waals surface area (Å²) in [5.41, 5.74) is -1.35. The zero-order valence-electron chi connectivity index (χ0n) is 25.3. The van der Waals surface area contributed by atoms with E-state index in [4.69, 9.17) is 14.0 Å². The van der Waals surface area contributed by atoms with Gasteiger partial charge < -0.3 is 9.47 Å². The molecular formula is C30H25F5N6O7S. The van der Waals surface area contributed by atoms with E-state index in [1.165, 1.54) is 36.7 Å². The summed E-state index contributed by atoms with van der Waals surface area (Å²) in [6.45, 7) is 1.12. The molecule has 13 nitrogen and oxygen atoms in total. The summed E-state index contributed by atoms with van der Waals surface area (Å²) >= 11 is 0. The van der Waals surface area contributed by atoms with E-state index in [9.17, 15) is 35.2 Å². The van der Waals surface area contributed by atoms with Crippen LogP contribution in [0, 0.1) is 11.6 Å². The van der Waals surface area contributed by atoms with Crippen molar-refractivity contribution in [3.05, 3.63) is 83.9 Å². The monoisotopic (exact) mass is 708 g/mol. The molecule has 2 aliphatic heterocycles. The predicted octanol–water partition coefficient (Wildman–Crippen LogP) is 5.33. The maximum absolute atomic E-state index is 14.4. The van der Waals surface area contributed by atoms with Crippen LogP contribution in [0.5, 0.6) is 5.75 Å². The van der Waals surface area contributed by atoms with Gasteiger partial charge >= 0.3 is 22.5 Å². The Kier molecular flexibility index (Phi) is 10.4. The molecule has 1 atom stereocenters. The number of ether oxygens (including phenoxy) is 2. The molecule has 3 aromatic rings. The quantitative estimate of drug-likeness (QED) is 0.0724. The number of fused-ring (bicyclic) bond motifs is 1. The van der Waals surface area contributed by atoms with Crippen molar-refractivity contribution < 1.29 is 53.4 Å². The molecule has 1 N–H and O–H groups in total. The van der Waals surface area contributed by atoms with Gasteiger partial charge in [0.05, 0.1) is 43.3 Å². The molecular weight excluding hydrogens is 683 g/mol. The van der Waals surface area contributed by atoms with Gasteiger partial charge in [-0.3, -0.25) is 9.23 Å². The minimum Gasteiger partial charge on any atom is -0.494 e. The lowest BCUT2D eigenvalue weighted by Crippen LogP contribution is -2.26. The Balaban J connectivity index is 1.49. The topological polar surface area (TPSA) is 169 Å². The number of carbonyl (C=O) groups excluding carboxylic acids is 1. The molecule has 0 fully saturated rings. The summed E-state index contributed by atoms with van der Waals surface area (Å²) < 4.78 is 116. The first kappa shape index (κ1) is 35.2. The van der Waals surface area contributed by atoms with Crippen LogP contribution in [-0.2, 0) is 30.3 Å². The van der Waals surface area contributed by atoms with Gasteiger partial charge in [0.2, 0.25) is 0 Å². The number of hydrogen-bond acceptors (Lipinski definition) is 11. The fourth-order valence-electron chi connectivity index (χ4n) is 4.53. The van der Waals surface area contributed by atoms with Crippen molar-refractivity contribution in [1.82, 2.24) is 29.7 Å². The van der Waals surface area contributed by atoms with Crippen LogP contribution < -0.4 is 4.74 Å². The largest absolute Gasteiger partial charge is 0.494 e. The van der Waals surface area contributed by atoms with Crippen LogP contribution in [0.15, 0.2) is 61.2 Å². The second-order valence-corrected chi connectivity index (χ2v) is 11.3. The molecule has 2 aromatic carbocycles. The fourth-order valence-corrected chi connectivity index (χ4v) is 4.86. The molecule has 0 bridgehead atoms. The molecule has 0 amide bonds. The smallest absolute Gasteiger partial charge is 0.417 e. The average Bonchev–Trinajstić information content (AvgIpc) is 3.48. The van der Waals surface area contributed by atoms with E-state index in [0.717, 1.165) is 29.2 Å². The van der Waals surface area contributed by atoms with Gasteiger partial charge in [0.15, 0.2) is 29.3 Å². The van der Waals surface area contributed by atoms with Gasteiger partial charge in [0, 0.05) is 29.9 Å². The summed E-state index contributed by atoms with van der Waals surface area (Å²) in [5, 5.41) is 4.18. The van der Waals surface area contributed by atoms with Gasteiger partial charge in [-0.05, 0) is 36.8 Å². The van der Waals surface area contributed by atoms with Crippen LogP contribution in [0.2, 0.25) is 0 Å². The van der Waals surface area contributed by atoms with E-state index in [-0.39, 0.29) is 65.1 Å². The molecule has 0 saturated heterocycles. The highest BCUT2D eigenvalue weighted by Crippen LogP contribution is 2.38. The van der Waals surface area contributed by atoms with Crippen LogP contribution in [0.1, 0.15) is 36.9 Å². The zero-order chi connectivity index (χ0) is 35.3. The van der Waals surface area contributed by atoms with Gasteiger partial charge in [-0.25, -0.2) is 37.7 Å². The zero-order valence-corrected chi connectivity index (χ0v) is 26.1. The number of carbonyl (C=O) groups is 1. The lowest BCUT2D eigenvalue weighted by molar-refractivity contribution is -0.146. The summed E-state index contributed by atoms with van der Waals surface area (Å²) in [6.07, 6.45) is 0.288. The average molecular weight is 709 g/mol. The van der Waals surface area contributed by atoms with Gasteiger partial charge in [-0.15, -0.1) is 0 Å². The normalized spacial score (nSPS) is 12.6. The first-order chi connectivity index (χ1) is 23.2. The molecule has 3 heterocycles. The highest BCUT2D eigenvalue weighted by molar-refractivity contribution is 7.80. The number of alkyl halides is 3. The van der Waals surface area contributed by atoms with Crippen molar-refractivity contribution in [1.29, 1.82) is 0 Å². The first-order valence-corrected chi connectivity index (χ1v) is 15.7. The predicted molar refractivity (Wildman–Crippen MR) is 159 cm³/mol. The summed E-state index contributed by atoms with van der Waals surface area (Å²) in [7, 11) is -4.72. The van der Waals surface area contributed by atoms with Crippen molar-refractivity contribution >= 4 is 16.4 Å². The standard InChI is InChI=1S/C30H25F5N6O7S/c1-2-9-46-18-7-8-19(21(12-18)30(33,34)35)27-36-13-17(14-37-27)26(29(42)47-10-4-11-48-49(43,44)45)41-16-24-23(15-38-41)39-28(40-24)20-5-3-6-22(31)25(20)32/h3,5-8,12-16,26H,2,4,9-11H2,1H3,(H,43,44,45). The molecule has 0 spiro atoms. The van der Waals surface area contributed by atoms with Crippen molar-refractivity contribution in [2.75, 3.05) is 19.8 Å². The van der Waals surface area contributed by atoms with E-state index in [0.29, 0.717) is 6.42 Å². The maximum Gasteiger partial charge on any atom is 0.417 e. The Morgan fingerprint density at radius 3 is 2.39 bits per heavy atom. The van der Waals surface area contributed by atoms with Gasteiger partial charge in [0.1, 0.15) is 17.1 Å². The minimum atomic E-state index is -4.78. The number of halogens is 5. The molecule has 258 valence electrons. The van der Waals surface area contributed by atoms with Gasteiger partial charge in [-0.1, -0.05) is 13.0 Å². The molecule has 1 aromatic heterocycles. The number of imidazole rings is 1. The van der Waals surface area contributed by atoms with Crippen LogP contribution >= 0.6 is 0 Å². The number of nitrogens with zero attached hydrogens (tertiary/aromatic N) is 6. The molecule has 1 unspecified atom stereocenters. The molecule has 0 radical (unpaired) electrons. The Hall–Kier alpha value is -5.14. The Bertz CT molecular complexity index is 2030. The summed E-state index contributed by atoms with van der Waals surface area (Å²) in [5.74, 6) is -3.74. The van der Waals surface area contributed by atoms with Gasteiger partial charge in [-0.2, -0.15) is 26.7 Å². The maximum atomic E-state index is 14.4. The van der Waals surface area contributed by atoms with Crippen LogP contribution in [0.3, 0.4) is 0 Å². The number of benzene rings is 2. The lowest BCUT2D eigenvalue weighted by Gasteiger charge is -2.19. The second-order valence-electron chi connectivity index (χ2n) is 10.2. The number of aromatic nitrogens is 6. The number of rotatable bonds is 13. The van der Waals surface area contributed by atoms with E-state index < -0.39 is 52.4 Å². The molecule has 2 aliphatic rings. The van der Waals surface area contributed by atoms with E-state index in [1.54, 1.807) is 6.92 Å². The minimum absolute atomic E-state index is 0.00663. The SMILES string of the molecule is CCCOc1ccc(-c2ncc(C(C(=O)OCCCOS(=O)(=O)O)n3cc4nc(-c5cccc(F)c5F)nc-4cn3)cn2)c(C(F)(F)F)c1. The fraction of sp³-hybridized carbons (Fsp3) is 0.267. The van der Waals surface area contributed by atoms with Crippen molar-refractivity contribution in [3.63, 3.8) is 0 Å². The summed E-state index contributed by atoms with van der Waals surface area (Å²) in [4.78, 5) is 29.9. The number of esters is 1. The third kappa shape index (κ3) is 8.48. The molecule has 0 saturated carbocycles. The highest BCUT2D eigenvalue weighted by atomic mass is 32.3. The van der Waals surface area contributed by atoms with Crippen LogP contribution in [0.25, 0.3) is 34.2 Å². The Labute approximate surface area is 275 Å². The van der Waals surface area contributed by atoms with Crippen LogP contribution in [0.4, 0.5) is 22.0 Å². The Morgan fingerprint density at radius 2 is 1.69 bits per heavy atom. The van der Waals surface area contributed by atoms with Crippen LogP contribution in [-0.4, -0.2) is 68.5 Å². The highest BCUT2D eigenvalue weighted by Gasteiger charge is 2.35. The van der Waals surface area contributed by atoms with E-state index in [1.807, 2.05) is 0 Å². The Morgan fingerprint density at radius 1 is 0.959 bits per heavy atom. The molecule has 19 heteroatoms. The molecule has 5 rings (SSSR count). The lowest BCUT2D eigenvalue weighted by atomic mass is 10.1. The second kappa shape index (κ2) is 14.5. The third-order valence-electron chi connectivity index (χ3n) is 6.73. The van der Waals surface area contributed by atoms with E-state index in [2.05, 4.69) is 29.2 Å². The molecule has 0 aliphatic carbocycles. The summed E-state index contributed by atoms with van der Waals surface area (Å²) in [6, 6.07) is 5.36. The molecule has 49 heavy (non-hydrogen) atoms. The van der Waals surface area contributed by atoms with Gasteiger partial charge in [0.25, 0.3) is 0 Å². The van der Waals surface area contributed by atoms with Crippen molar-refractivity contribution in [2.24, 2.45) is 0 Å². The van der Waals surface area contributed by atoms with Crippen molar-refractivity contribution in [2.45, 2.75) is 32.0 Å². The van der Waals surface area contributed by atoms with Crippen molar-refractivity contribution in [3.8, 4) is 39.9 Å².